The van der Waals surface area contributed by atoms with Gasteiger partial charge in [-0.1, -0.05) is 18.2 Å². The van der Waals surface area contributed by atoms with E-state index in [0.717, 1.165) is 44.6 Å². The molecule has 2 N–H and O–H groups in total. The highest BCUT2D eigenvalue weighted by Crippen LogP contribution is 2.22. The van der Waals surface area contributed by atoms with Crippen molar-refractivity contribution in [3.63, 3.8) is 0 Å². The Kier molecular flexibility index (Phi) is 4.66. The zero-order chi connectivity index (χ0) is 13.0. The van der Waals surface area contributed by atoms with Gasteiger partial charge in [0.15, 0.2) is 0 Å². The molecule has 0 spiro atoms. The van der Waals surface area contributed by atoms with Crippen LogP contribution in [0.2, 0.25) is 0 Å². The Morgan fingerprint density at radius 1 is 1.28 bits per heavy atom. The average molecular weight is 254 g/mol. The number of alkyl halides is 2. The molecule has 100 valence electrons. The second-order valence-corrected chi connectivity index (χ2v) is 5.00. The van der Waals surface area contributed by atoms with Gasteiger partial charge < -0.3 is 5.73 Å². The summed E-state index contributed by atoms with van der Waals surface area (Å²) in [5.74, 6) is 0.633. The lowest BCUT2D eigenvalue weighted by atomic mass is 9.97. The fraction of sp³-hybridized carbons (Fsp3) is 0.571. The molecule has 0 radical (unpaired) electrons. The van der Waals surface area contributed by atoms with Crippen molar-refractivity contribution < 1.29 is 8.78 Å². The van der Waals surface area contributed by atoms with Gasteiger partial charge in [0, 0.05) is 12.1 Å². The quantitative estimate of drug-likeness (QED) is 0.895. The number of rotatable bonds is 4. The third kappa shape index (κ3) is 3.50. The predicted molar refractivity (Wildman–Crippen MR) is 68.5 cm³/mol. The summed E-state index contributed by atoms with van der Waals surface area (Å²) in [4.78, 5) is 2.32. The van der Waals surface area contributed by atoms with Gasteiger partial charge in [-0.25, -0.2) is 8.78 Å². The SMILES string of the molecule is NCC1CCN(Cc2cccc(C(F)F)c2)CC1. The van der Waals surface area contributed by atoms with E-state index in [1.165, 1.54) is 6.07 Å². The van der Waals surface area contributed by atoms with Crippen molar-refractivity contribution in [2.45, 2.75) is 25.8 Å². The minimum absolute atomic E-state index is 0.115. The first-order valence-corrected chi connectivity index (χ1v) is 6.48. The van der Waals surface area contributed by atoms with E-state index in [0.29, 0.717) is 5.92 Å². The van der Waals surface area contributed by atoms with Gasteiger partial charge in [0.25, 0.3) is 6.43 Å². The first kappa shape index (κ1) is 13.4. The van der Waals surface area contributed by atoms with Crippen LogP contribution in [0.1, 0.15) is 30.4 Å². The van der Waals surface area contributed by atoms with Crippen molar-refractivity contribution in [2.75, 3.05) is 19.6 Å². The maximum absolute atomic E-state index is 12.6. The van der Waals surface area contributed by atoms with Crippen LogP contribution in [0.5, 0.6) is 0 Å². The molecule has 1 aromatic rings. The predicted octanol–water partition coefficient (Wildman–Crippen LogP) is 2.79. The zero-order valence-corrected chi connectivity index (χ0v) is 10.5. The molecule has 1 aliphatic heterocycles. The molecule has 4 heteroatoms. The number of piperidine rings is 1. The van der Waals surface area contributed by atoms with E-state index < -0.39 is 6.43 Å². The van der Waals surface area contributed by atoms with Crippen molar-refractivity contribution in [3.8, 4) is 0 Å². The highest BCUT2D eigenvalue weighted by atomic mass is 19.3. The molecule has 0 saturated carbocycles. The lowest BCUT2D eigenvalue weighted by Gasteiger charge is -2.31. The number of likely N-dealkylation sites (tertiary alicyclic amines) is 1. The Labute approximate surface area is 107 Å². The summed E-state index contributed by atoms with van der Waals surface area (Å²) in [7, 11) is 0. The van der Waals surface area contributed by atoms with Gasteiger partial charge in [-0.2, -0.15) is 0 Å². The molecule has 0 unspecified atom stereocenters. The van der Waals surface area contributed by atoms with Crippen LogP contribution in [0.15, 0.2) is 24.3 Å². The summed E-state index contributed by atoms with van der Waals surface area (Å²) in [6.45, 7) is 3.55. The molecule has 0 atom stereocenters. The molecule has 0 bridgehead atoms. The van der Waals surface area contributed by atoms with Crippen molar-refractivity contribution >= 4 is 0 Å². The molecule has 0 aromatic heterocycles. The number of hydrogen-bond donors (Lipinski definition) is 1. The Morgan fingerprint density at radius 3 is 2.61 bits per heavy atom. The summed E-state index contributed by atoms with van der Waals surface area (Å²) in [6.07, 6.45) is -0.149. The van der Waals surface area contributed by atoms with Gasteiger partial charge in [-0.15, -0.1) is 0 Å². The van der Waals surface area contributed by atoms with E-state index in [-0.39, 0.29) is 5.56 Å². The van der Waals surface area contributed by atoms with Crippen LogP contribution in [-0.2, 0) is 6.54 Å². The van der Waals surface area contributed by atoms with Crippen LogP contribution in [0, 0.1) is 5.92 Å². The fourth-order valence-corrected chi connectivity index (χ4v) is 2.47. The lowest BCUT2D eigenvalue weighted by molar-refractivity contribution is 0.150. The zero-order valence-electron chi connectivity index (χ0n) is 10.5. The molecular weight excluding hydrogens is 234 g/mol. The number of nitrogens with zero attached hydrogens (tertiary/aromatic N) is 1. The molecule has 2 nitrogen and oxygen atoms in total. The summed E-state index contributed by atoms with van der Waals surface area (Å²) < 4.78 is 25.2. The smallest absolute Gasteiger partial charge is 0.263 e. The number of nitrogens with two attached hydrogens (primary N) is 1. The van der Waals surface area contributed by atoms with E-state index >= 15 is 0 Å². The van der Waals surface area contributed by atoms with Crippen LogP contribution in [0.3, 0.4) is 0 Å². The molecular formula is C14H20F2N2. The standard InChI is InChI=1S/C14H20F2N2/c15-14(16)13-3-1-2-12(8-13)10-18-6-4-11(9-17)5-7-18/h1-3,8,11,14H,4-7,9-10,17H2. The monoisotopic (exact) mass is 254 g/mol. The molecule has 1 heterocycles. The Morgan fingerprint density at radius 2 is 2.00 bits per heavy atom. The van der Waals surface area contributed by atoms with Gasteiger partial charge >= 0.3 is 0 Å². The Balaban J connectivity index is 1.92. The minimum atomic E-state index is -2.38. The fourth-order valence-electron chi connectivity index (χ4n) is 2.47. The second-order valence-electron chi connectivity index (χ2n) is 5.00. The van der Waals surface area contributed by atoms with E-state index in [2.05, 4.69) is 4.90 Å². The van der Waals surface area contributed by atoms with E-state index in [9.17, 15) is 8.78 Å². The molecule has 18 heavy (non-hydrogen) atoms. The topological polar surface area (TPSA) is 29.3 Å². The van der Waals surface area contributed by atoms with Gasteiger partial charge in [0.2, 0.25) is 0 Å². The molecule has 0 aliphatic carbocycles. The highest BCUT2D eigenvalue weighted by Gasteiger charge is 2.18. The third-order valence-electron chi connectivity index (χ3n) is 3.65. The van der Waals surface area contributed by atoms with Crippen molar-refractivity contribution in [2.24, 2.45) is 11.7 Å². The second kappa shape index (κ2) is 6.25. The minimum Gasteiger partial charge on any atom is -0.330 e. The first-order chi connectivity index (χ1) is 8.69. The Hall–Kier alpha value is -1.00. The van der Waals surface area contributed by atoms with E-state index in [1.807, 2.05) is 6.07 Å². The maximum Gasteiger partial charge on any atom is 0.263 e. The van der Waals surface area contributed by atoms with Gasteiger partial charge in [-0.05, 0) is 50.0 Å². The van der Waals surface area contributed by atoms with Gasteiger partial charge in [-0.3, -0.25) is 4.90 Å². The Bertz CT molecular complexity index is 374. The number of hydrogen-bond acceptors (Lipinski definition) is 2. The van der Waals surface area contributed by atoms with E-state index in [4.69, 9.17) is 5.73 Å². The van der Waals surface area contributed by atoms with Gasteiger partial charge in [0.05, 0.1) is 0 Å². The van der Waals surface area contributed by atoms with Crippen LogP contribution in [-0.4, -0.2) is 24.5 Å². The normalized spacial score (nSPS) is 18.4. The molecule has 1 saturated heterocycles. The van der Waals surface area contributed by atoms with Crippen molar-refractivity contribution in [1.29, 1.82) is 0 Å². The molecule has 2 rings (SSSR count). The van der Waals surface area contributed by atoms with Crippen LogP contribution >= 0.6 is 0 Å². The van der Waals surface area contributed by atoms with Crippen LogP contribution in [0.4, 0.5) is 8.78 Å². The van der Waals surface area contributed by atoms with Crippen molar-refractivity contribution in [3.05, 3.63) is 35.4 Å². The van der Waals surface area contributed by atoms with E-state index in [1.54, 1.807) is 12.1 Å². The van der Waals surface area contributed by atoms with Crippen LogP contribution < -0.4 is 5.73 Å². The van der Waals surface area contributed by atoms with Crippen LogP contribution in [0.25, 0.3) is 0 Å². The summed E-state index contributed by atoms with van der Waals surface area (Å²) in [6, 6.07) is 6.72. The average Bonchev–Trinajstić information content (AvgIpc) is 2.40. The first-order valence-electron chi connectivity index (χ1n) is 6.48. The van der Waals surface area contributed by atoms with Gasteiger partial charge in [0.1, 0.15) is 0 Å². The summed E-state index contributed by atoms with van der Waals surface area (Å²) in [5, 5.41) is 0. The number of halogens is 2. The third-order valence-corrected chi connectivity index (χ3v) is 3.65. The summed E-state index contributed by atoms with van der Waals surface area (Å²) in [5.41, 5.74) is 6.74. The largest absolute Gasteiger partial charge is 0.330 e. The molecule has 1 aliphatic rings. The lowest BCUT2D eigenvalue weighted by Crippen LogP contribution is -2.35. The maximum atomic E-state index is 12.6. The number of benzene rings is 1. The molecule has 1 fully saturated rings. The summed E-state index contributed by atoms with van der Waals surface area (Å²) >= 11 is 0. The highest BCUT2D eigenvalue weighted by molar-refractivity contribution is 5.24. The van der Waals surface area contributed by atoms with Crippen molar-refractivity contribution in [1.82, 2.24) is 4.90 Å². The molecule has 1 aromatic carbocycles. The molecule has 0 amide bonds.